The molecule has 1 amide bonds. The Bertz CT molecular complexity index is 998. The van der Waals surface area contributed by atoms with Gasteiger partial charge in [0.1, 0.15) is 5.82 Å². The number of hydrogen-bond donors (Lipinski definition) is 0. The zero-order valence-corrected chi connectivity index (χ0v) is 18.7. The fourth-order valence-corrected chi connectivity index (χ4v) is 5.63. The number of aryl methyl sites for hydroxylation is 2. The molecule has 10 nitrogen and oxygen atoms in total. The number of carbonyl (C=O) groups is 1. The van der Waals surface area contributed by atoms with E-state index in [-0.39, 0.29) is 16.9 Å². The summed E-state index contributed by atoms with van der Waals surface area (Å²) in [7, 11) is -1.79. The van der Waals surface area contributed by atoms with Gasteiger partial charge in [0.05, 0.1) is 12.8 Å². The first-order valence-electron chi connectivity index (χ1n) is 10.5. The predicted molar refractivity (Wildman–Crippen MR) is 112 cm³/mol. The van der Waals surface area contributed by atoms with Gasteiger partial charge in [0.25, 0.3) is 10.0 Å². The van der Waals surface area contributed by atoms with Crippen LogP contribution in [0.3, 0.4) is 0 Å². The fraction of sp³-hybridized carbons (Fsp3) is 0.600. The molecule has 2 aliphatic heterocycles. The molecule has 2 fully saturated rings. The highest BCUT2D eigenvalue weighted by Gasteiger charge is 2.35. The van der Waals surface area contributed by atoms with Crippen LogP contribution in [0, 0.1) is 18.8 Å². The first kappa shape index (κ1) is 21.7. The van der Waals surface area contributed by atoms with Gasteiger partial charge in [0.2, 0.25) is 11.8 Å². The van der Waals surface area contributed by atoms with Crippen LogP contribution in [0.5, 0.6) is 5.88 Å². The highest BCUT2D eigenvalue weighted by Crippen LogP contribution is 2.27. The molecule has 0 bridgehead atoms. The van der Waals surface area contributed by atoms with Crippen LogP contribution in [0.2, 0.25) is 0 Å². The van der Waals surface area contributed by atoms with E-state index in [1.165, 1.54) is 4.31 Å². The number of piperidine rings is 1. The summed E-state index contributed by atoms with van der Waals surface area (Å²) in [6.07, 6.45) is 8.20. The van der Waals surface area contributed by atoms with Crippen LogP contribution in [-0.4, -0.2) is 75.8 Å². The van der Waals surface area contributed by atoms with Gasteiger partial charge in [-0.15, -0.1) is 0 Å². The number of rotatable bonds is 7. The van der Waals surface area contributed by atoms with Crippen molar-refractivity contribution in [3.63, 3.8) is 0 Å². The van der Waals surface area contributed by atoms with Crippen LogP contribution >= 0.6 is 0 Å². The lowest BCUT2D eigenvalue weighted by Crippen LogP contribution is -2.42. The van der Waals surface area contributed by atoms with Crippen molar-refractivity contribution in [2.75, 3.05) is 32.8 Å². The zero-order chi connectivity index (χ0) is 22.0. The highest BCUT2D eigenvalue weighted by molar-refractivity contribution is 7.89. The molecule has 4 heterocycles. The summed E-state index contributed by atoms with van der Waals surface area (Å²) < 4.78 is 34.6. The molecule has 168 valence electrons. The lowest BCUT2D eigenvalue weighted by atomic mass is 9.97. The number of nitrogens with zero attached hydrogens (tertiary/aromatic N) is 6. The zero-order valence-electron chi connectivity index (χ0n) is 17.8. The molecule has 31 heavy (non-hydrogen) atoms. The molecule has 0 N–H and O–H groups in total. The Morgan fingerprint density at radius 2 is 1.97 bits per heavy atom. The third-order valence-corrected chi connectivity index (χ3v) is 7.81. The number of likely N-dealkylation sites (tertiary alicyclic amines) is 1. The number of hydrogen-bond acceptors (Lipinski definition) is 7. The molecule has 0 radical (unpaired) electrons. The summed E-state index contributed by atoms with van der Waals surface area (Å²) in [6, 6.07) is 0. The quantitative estimate of drug-likeness (QED) is 0.617. The molecule has 2 aliphatic rings. The minimum Gasteiger partial charge on any atom is -0.476 e. The summed E-state index contributed by atoms with van der Waals surface area (Å²) in [5, 5.41) is 0.103. The van der Waals surface area contributed by atoms with Crippen molar-refractivity contribution in [2.24, 2.45) is 18.9 Å². The fourth-order valence-electron chi connectivity index (χ4n) is 4.13. The maximum Gasteiger partial charge on any atom is 0.262 e. The molecule has 2 aromatic heterocycles. The van der Waals surface area contributed by atoms with Gasteiger partial charge in [-0.2, -0.15) is 4.31 Å². The Kier molecular flexibility index (Phi) is 6.24. The van der Waals surface area contributed by atoms with Gasteiger partial charge < -0.3 is 14.2 Å². The van der Waals surface area contributed by atoms with E-state index >= 15 is 0 Å². The van der Waals surface area contributed by atoms with E-state index in [0.29, 0.717) is 56.8 Å². The second-order valence-corrected chi connectivity index (χ2v) is 10.2. The number of sulfonamides is 1. The normalized spacial score (nSPS) is 21.0. The lowest BCUT2D eigenvalue weighted by molar-refractivity contribution is -0.128. The first-order valence-corrected chi connectivity index (χ1v) is 11.9. The Hall–Kier alpha value is -2.53. The average molecular weight is 449 g/mol. The van der Waals surface area contributed by atoms with Gasteiger partial charge in [-0.3, -0.25) is 9.78 Å². The van der Waals surface area contributed by atoms with Gasteiger partial charge in [0, 0.05) is 64.2 Å². The Balaban J connectivity index is 1.26. The molecule has 1 unspecified atom stereocenters. The number of amides is 1. The molecule has 0 aromatic carbocycles. The number of carbonyl (C=O) groups excluding carboxylic acids is 1. The van der Waals surface area contributed by atoms with Gasteiger partial charge in [0.15, 0.2) is 5.03 Å². The number of imidazole rings is 1. The van der Waals surface area contributed by atoms with Crippen molar-refractivity contribution < 1.29 is 17.9 Å². The Labute approximate surface area is 182 Å². The Morgan fingerprint density at radius 3 is 2.61 bits per heavy atom. The van der Waals surface area contributed by atoms with Crippen molar-refractivity contribution in [1.29, 1.82) is 0 Å². The smallest absolute Gasteiger partial charge is 0.262 e. The van der Waals surface area contributed by atoms with E-state index in [4.69, 9.17) is 4.74 Å². The second kappa shape index (κ2) is 8.91. The van der Waals surface area contributed by atoms with Crippen LogP contribution in [0.4, 0.5) is 0 Å². The molecule has 2 saturated heterocycles. The molecular weight excluding hydrogens is 420 g/mol. The van der Waals surface area contributed by atoms with Gasteiger partial charge in [-0.1, -0.05) is 0 Å². The van der Waals surface area contributed by atoms with Gasteiger partial charge in [-0.25, -0.2) is 18.4 Å². The molecular formula is C20H28N6O4S. The van der Waals surface area contributed by atoms with Gasteiger partial charge >= 0.3 is 0 Å². The molecule has 0 saturated carbocycles. The first-order chi connectivity index (χ1) is 14.8. The SMILES string of the molecule is Cc1nc(S(=O)(=O)N2CCC(CN3CC(COc4cnccn4)CC3=O)CC2)cn1C. The second-order valence-electron chi connectivity index (χ2n) is 8.31. The van der Waals surface area contributed by atoms with E-state index in [9.17, 15) is 13.2 Å². The minimum absolute atomic E-state index is 0.103. The molecule has 0 aliphatic carbocycles. The number of aromatic nitrogens is 4. The van der Waals surface area contributed by atoms with E-state index in [1.807, 2.05) is 4.90 Å². The molecule has 1 atom stereocenters. The predicted octanol–water partition coefficient (Wildman–Crippen LogP) is 0.847. The van der Waals surface area contributed by atoms with Crippen molar-refractivity contribution in [1.82, 2.24) is 28.7 Å². The van der Waals surface area contributed by atoms with Crippen LogP contribution in [0.15, 0.2) is 29.8 Å². The number of ether oxygens (including phenoxy) is 1. The molecule has 0 spiro atoms. The van der Waals surface area contributed by atoms with E-state index in [2.05, 4.69) is 15.0 Å². The van der Waals surface area contributed by atoms with Gasteiger partial charge in [-0.05, 0) is 25.7 Å². The minimum atomic E-state index is -3.57. The van der Waals surface area contributed by atoms with E-state index in [0.717, 1.165) is 12.8 Å². The molecule has 4 rings (SSSR count). The Morgan fingerprint density at radius 1 is 1.19 bits per heavy atom. The third-order valence-electron chi connectivity index (χ3n) is 6.04. The van der Waals surface area contributed by atoms with Crippen molar-refractivity contribution in [3.05, 3.63) is 30.6 Å². The topological polar surface area (TPSA) is 111 Å². The van der Waals surface area contributed by atoms with Crippen LogP contribution in [0.25, 0.3) is 0 Å². The molecule has 11 heteroatoms. The maximum atomic E-state index is 12.9. The maximum absolute atomic E-state index is 12.9. The summed E-state index contributed by atoms with van der Waals surface area (Å²) in [5.41, 5.74) is 0. The highest BCUT2D eigenvalue weighted by atomic mass is 32.2. The van der Waals surface area contributed by atoms with Crippen molar-refractivity contribution in [2.45, 2.75) is 31.2 Å². The van der Waals surface area contributed by atoms with Crippen LogP contribution < -0.4 is 4.74 Å². The molecule has 2 aromatic rings. The summed E-state index contributed by atoms with van der Waals surface area (Å²) >= 11 is 0. The third kappa shape index (κ3) is 4.87. The lowest BCUT2D eigenvalue weighted by Gasteiger charge is -2.32. The van der Waals surface area contributed by atoms with E-state index < -0.39 is 10.0 Å². The summed E-state index contributed by atoms with van der Waals surface area (Å²) in [5.74, 6) is 1.68. The largest absolute Gasteiger partial charge is 0.476 e. The van der Waals surface area contributed by atoms with Crippen LogP contribution in [-0.2, 0) is 21.9 Å². The summed E-state index contributed by atoms with van der Waals surface area (Å²) in [4.78, 5) is 26.6. The van der Waals surface area contributed by atoms with Crippen molar-refractivity contribution in [3.8, 4) is 5.88 Å². The standard InChI is InChI=1S/C20H28N6O4S/c1-15-23-19(13-24(15)2)31(28,29)26-7-3-16(4-8-26)11-25-12-17(9-20(25)27)14-30-18-10-21-5-6-22-18/h5-6,10,13,16-17H,3-4,7-9,11-12,14H2,1-2H3. The van der Waals surface area contributed by atoms with Crippen molar-refractivity contribution >= 4 is 15.9 Å². The summed E-state index contributed by atoms with van der Waals surface area (Å²) in [6.45, 7) is 4.43. The van der Waals surface area contributed by atoms with Crippen LogP contribution in [0.1, 0.15) is 25.1 Å². The monoisotopic (exact) mass is 448 g/mol. The average Bonchev–Trinajstić information content (AvgIpc) is 3.29. The van der Waals surface area contributed by atoms with E-state index in [1.54, 1.807) is 43.3 Å².